The van der Waals surface area contributed by atoms with Gasteiger partial charge in [0.25, 0.3) is 0 Å². The molecule has 5 nitrogen and oxygen atoms in total. The van der Waals surface area contributed by atoms with E-state index in [9.17, 15) is 4.79 Å². The number of aromatic nitrogens is 1. The normalized spacial score (nSPS) is 11.0. The Kier molecular flexibility index (Phi) is 4.12. The molecule has 1 amide bonds. The van der Waals surface area contributed by atoms with Crippen LogP contribution in [0.1, 0.15) is 20.8 Å². The molecule has 110 valence electrons. The van der Waals surface area contributed by atoms with E-state index >= 15 is 0 Å². The van der Waals surface area contributed by atoms with Crippen LogP contribution in [0.3, 0.4) is 0 Å². The lowest BCUT2D eigenvalue weighted by atomic mass is 10.2. The maximum Gasteiger partial charge on any atom is 0.419 e. The van der Waals surface area contributed by atoms with Gasteiger partial charge in [-0.2, -0.15) is 0 Å². The molecule has 2 aromatic rings. The topological polar surface area (TPSA) is 68.5 Å². The Balaban J connectivity index is 2.40. The third kappa shape index (κ3) is 3.95. The van der Waals surface area contributed by atoms with E-state index in [1.54, 1.807) is 18.3 Å². The summed E-state index contributed by atoms with van der Waals surface area (Å²) in [5.41, 5.74) is 6.33. The Morgan fingerprint density at radius 3 is 2.29 bits per heavy atom. The summed E-state index contributed by atoms with van der Waals surface area (Å²) in [7, 11) is 0. The summed E-state index contributed by atoms with van der Waals surface area (Å²) < 4.78 is 5.47. The maximum atomic E-state index is 12.5. The summed E-state index contributed by atoms with van der Waals surface area (Å²) in [6.07, 6.45) is 1.09. The first-order chi connectivity index (χ1) is 9.87. The SMILES string of the molecule is CC(C)(C)OC(=O)N(c1ccccc1)c1ccc(N)nc1. The van der Waals surface area contributed by atoms with Gasteiger partial charge < -0.3 is 10.5 Å². The highest BCUT2D eigenvalue weighted by atomic mass is 16.6. The summed E-state index contributed by atoms with van der Waals surface area (Å²) in [4.78, 5) is 18.0. The van der Waals surface area contributed by atoms with Gasteiger partial charge in [-0.25, -0.2) is 14.7 Å². The highest BCUT2D eigenvalue weighted by Gasteiger charge is 2.24. The molecule has 1 aromatic heterocycles. The van der Waals surface area contributed by atoms with Crippen molar-refractivity contribution in [2.24, 2.45) is 0 Å². The quantitative estimate of drug-likeness (QED) is 0.912. The zero-order valence-electron chi connectivity index (χ0n) is 12.4. The Morgan fingerprint density at radius 2 is 1.76 bits per heavy atom. The summed E-state index contributed by atoms with van der Waals surface area (Å²) >= 11 is 0. The molecule has 0 bridgehead atoms. The van der Waals surface area contributed by atoms with Crippen LogP contribution in [0.2, 0.25) is 0 Å². The fraction of sp³-hybridized carbons (Fsp3) is 0.250. The lowest BCUT2D eigenvalue weighted by molar-refractivity contribution is 0.0599. The largest absolute Gasteiger partial charge is 0.443 e. The lowest BCUT2D eigenvalue weighted by Crippen LogP contribution is -2.33. The second-order valence-corrected chi connectivity index (χ2v) is 5.59. The van der Waals surface area contributed by atoms with Gasteiger partial charge in [0.1, 0.15) is 11.4 Å². The van der Waals surface area contributed by atoms with Crippen LogP contribution in [-0.2, 0) is 4.74 Å². The van der Waals surface area contributed by atoms with Gasteiger partial charge >= 0.3 is 6.09 Å². The number of nitrogens with zero attached hydrogens (tertiary/aromatic N) is 2. The number of benzene rings is 1. The Bertz CT molecular complexity index is 604. The molecule has 5 heteroatoms. The van der Waals surface area contributed by atoms with Gasteiger partial charge in [0, 0.05) is 0 Å². The summed E-state index contributed by atoms with van der Waals surface area (Å²) in [5.74, 6) is 0.399. The van der Waals surface area contributed by atoms with Crippen LogP contribution in [0.25, 0.3) is 0 Å². The average Bonchev–Trinajstić information content (AvgIpc) is 2.40. The number of carbonyl (C=O) groups excluding carboxylic acids is 1. The second-order valence-electron chi connectivity index (χ2n) is 5.59. The van der Waals surface area contributed by atoms with Crippen molar-refractivity contribution in [1.29, 1.82) is 0 Å². The van der Waals surface area contributed by atoms with Crippen molar-refractivity contribution in [3.05, 3.63) is 48.7 Å². The number of amides is 1. The smallest absolute Gasteiger partial charge is 0.419 e. The van der Waals surface area contributed by atoms with Crippen LogP contribution in [0.15, 0.2) is 48.7 Å². The molecular weight excluding hydrogens is 266 g/mol. The van der Waals surface area contributed by atoms with Gasteiger partial charge in [-0.3, -0.25) is 0 Å². The minimum absolute atomic E-state index is 0.399. The molecule has 0 saturated heterocycles. The molecule has 0 unspecified atom stereocenters. The molecule has 0 atom stereocenters. The van der Waals surface area contributed by atoms with Crippen LogP contribution in [0, 0.1) is 0 Å². The number of nitrogen functional groups attached to an aromatic ring is 1. The van der Waals surface area contributed by atoms with E-state index in [0.717, 1.165) is 0 Å². The van der Waals surface area contributed by atoms with Gasteiger partial charge in [0.05, 0.1) is 17.6 Å². The number of hydrogen-bond acceptors (Lipinski definition) is 4. The third-order valence-electron chi connectivity index (χ3n) is 2.62. The monoisotopic (exact) mass is 285 g/mol. The number of pyridine rings is 1. The molecule has 1 heterocycles. The van der Waals surface area contributed by atoms with Gasteiger partial charge in [-0.05, 0) is 45.0 Å². The zero-order valence-corrected chi connectivity index (χ0v) is 12.4. The number of rotatable bonds is 2. The van der Waals surface area contributed by atoms with Crippen LogP contribution < -0.4 is 10.6 Å². The Morgan fingerprint density at radius 1 is 1.10 bits per heavy atom. The van der Waals surface area contributed by atoms with Crippen LogP contribution in [-0.4, -0.2) is 16.7 Å². The van der Waals surface area contributed by atoms with E-state index in [-0.39, 0.29) is 0 Å². The van der Waals surface area contributed by atoms with Crippen molar-refractivity contribution in [3.8, 4) is 0 Å². The van der Waals surface area contributed by atoms with Gasteiger partial charge in [0.15, 0.2) is 0 Å². The Labute approximate surface area is 124 Å². The van der Waals surface area contributed by atoms with E-state index in [4.69, 9.17) is 10.5 Å². The van der Waals surface area contributed by atoms with Crippen molar-refractivity contribution >= 4 is 23.3 Å². The third-order valence-corrected chi connectivity index (χ3v) is 2.62. The van der Waals surface area contributed by atoms with E-state index in [1.165, 1.54) is 4.90 Å². The average molecular weight is 285 g/mol. The summed E-state index contributed by atoms with van der Waals surface area (Å²) in [6.45, 7) is 5.49. The predicted molar refractivity (Wildman–Crippen MR) is 83.5 cm³/mol. The number of nitrogens with two attached hydrogens (primary N) is 1. The molecule has 2 N–H and O–H groups in total. The number of anilines is 3. The standard InChI is InChI=1S/C16H19N3O2/c1-16(2,3)21-15(20)19(12-7-5-4-6-8-12)13-9-10-14(17)18-11-13/h4-11H,1-3H3,(H2,17,18). The molecule has 0 aliphatic rings. The number of carbonyl (C=O) groups is 1. The molecule has 0 saturated carbocycles. The van der Waals surface area contributed by atoms with Crippen molar-refractivity contribution in [2.45, 2.75) is 26.4 Å². The van der Waals surface area contributed by atoms with Crippen LogP contribution in [0.4, 0.5) is 22.0 Å². The zero-order chi connectivity index (χ0) is 15.5. The van der Waals surface area contributed by atoms with Gasteiger partial charge in [-0.1, -0.05) is 18.2 Å². The molecule has 0 radical (unpaired) electrons. The highest BCUT2D eigenvalue weighted by Crippen LogP contribution is 2.27. The number of ether oxygens (including phenoxy) is 1. The molecule has 0 aliphatic heterocycles. The van der Waals surface area contributed by atoms with E-state index in [2.05, 4.69) is 4.98 Å². The molecule has 0 fully saturated rings. The van der Waals surface area contributed by atoms with Crippen molar-refractivity contribution < 1.29 is 9.53 Å². The van der Waals surface area contributed by atoms with Gasteiger partial charge in [-0.15, -0.1) is 0 Å². The fourth-order valence-electron chi connectivity index (χ4n) is 1.77. The first-order valence-electron chi connectivity index (χ1n) is 6.66. The van der Waals surface area contributed by atoms with E-state index in [0.29, 0.717) is 17.2 Å². The predicted octanol–water partition coefficient (Wildman–Crippen LogP) is 3.74. The van der Waals surface area contributed by atoms with Crippen LogP contribution in [0.5, 0.6) is 0 Å². The minimum atomic E-state index is -0.578. The van der Waals surface area contributed by atoms with Crippen LogP contribution >= 0.6 is 0 Å². The lowest BCUT2D eigenvalue weighted by Gasteiger charge is -2.27. The second kappa shape index (κ2) is 5.83. The first kappa shape index (κ1) is 14.8. The number of para-hydroxylation sites is 1. The fourth-order valence-corrected chi connectivity index (χ4v) is 1.77. The molecule has 0 spiro atoms. The highest BCUT2D eigenvalue weighted by molar-refractivity contribution is 5.96. The van der Waals surface area contributed by atoms with E-state index < -0.39 is 11.7 Å². The molecule has 21 heavy (non-hydrogen) atoms. The first-order valence-corrected chi connectivity index (χ1v) is 6.66. The minimum Gasteiger partial charge on any atom is -0.443 e. The molecule has 2 rings (SSSR count). The molecule has 0 aliphatic carbocycles. The van der Waals surface area contributed by atoms with Crippen molar-refractivity contribution in [3.63, 3.8) is 0 Å². The van der Waals surface area contributed by atoms with E-state index in [1.807, 2.05) is 51.1 Å². The summed E-state index contributed by atoms with van der Waals surface area (Å²) in [6, 6.07) is 12.7. The van der Waals surface area contributed by atoms with Gasteiger partial charge in [0.2, 0.25) is 0 Å². The number of hydrogen-bond donors (Lipinski definition) is 1. The van der Waals surface area contributed by atoms with Crippen molar-refractivity contribution in [2.75, 3.05) is 10.6 Å². The molecular formula is C16H19N3O2. The Hall–Kier alpha value is -2.56. The maximum absolute atomic E-state index is 12.5. The molecule has 1 aromatic carbocycles. The van der Waals surface area contributed by atoms with Crippen molar-refractivity contribution in [1.82, 2.24) is 4.98 Å². The summed E-state index contributed by atoms with van der Waals surface area (Å²) in [5, 5.41) is 0.